The molecule has 5 rings (SSSR count). The number of carbonyl (C=O) groups excluding carboxylic acids is 2. The Morgan fingerprint density at radius 2 is 1.74 bits per heavy atom. The molecule has 2 aliphatic heterocycles. The molecule has 1 saturated heterocycles. The van der Waals surface area contributed by atoms with Crippen molar-refractivity contribution >= 4 is 11.8 Å². The lowest BCUT2D eigenvalue weighted by Crippen LogP contribution is -2.40. The average Bonchev–Trinajstić information content (AvgIpc) is 3.32. The van der Waals surface area contributed by atoms with Crippen LogP contribution in [0, 0.1) is 5.92 Å². The van der Waals surface area contributed by atoms with Crippen LogP contribution in [0.15, 0.2) is 60.7 Å². The van der Waals surface area contributed by atoms with Gasteiger partial charge in [0.05, 0.1) is 13.7 Å². The predicted molar refractivity (Wildman–Crippen MR) is 129 cm³/mol. The van der Waals surface area contributed by atoms with Gasteiger partial charge in [-0.2, -0.15) is 5.10 Å². The third-order valence-electron chi connectivity index (χ3n) is 6.86. The van der Waals surface area contributed by atoms with Gasteiger partial charge in [-0.1, -0.05) is 42.5 Å². The molecule has 2 aliphatic rings. The van der Waals surface area contributed by atoms with E-state index in [4.69, 9.17) is 4.74 Å². The van der Waals surface area contributed by atoms with E-state index in [-0.39, 0.29) is 11.8 Å². The van der Waals surface area contributed by atoms with Gasteiger partial charge in [0, 0.05) is 32.2 Å². The maximum Gasteiger partial charge on any atom is 0.274 e. The third-order valence-corrected chi connectivity index (χ3v) is 6.86. The number of piperidine rings is 1. The van der Waals surface area contributed by atoms with Gasteiger partial charge in [-0.3, -0.25) is 14.3 Å². The molecule has 3 heterocycles. The van der Waals surface area contributed by atoms with E-state index in [2.05, 4.69) is 29.4 Å². The normalized spacial score (nSPS) is 16.4. The summed E-state index contributed by atoms with van der Waals surface area (Å²) in [4.78, 5) is 29.9. The monoisotopic (exact) mass is 458 g/mol. The molecular weight excluding hydrogens is 428 g/mol. The van der Waals surface area contributed by atoms with Gasteiger partial charge in [-0.15, -0.1) is 0 Å². The van der Waals surface area contributed by atoms with E-state index in [0.29, 0.717) is 36.9 Å². The lowest BCUT2D eigenvalue weighted by Gasteiger charge is -2.31. The highest BCUT2D eigenvalue weighted by Gasteiger charge is 2.30. The van der Waals surface area contributed by atoms with Crippen LogP contribution in [-0.2, 0) is 19.5 Å². The van der Waals surface area contributed by atoms with Crippen LogP contribution in [0.3, 0.4) is 0 Å². The summed E-state index contributed by atoms with van der Waals surface area (Å²) in [5, 5.41) is 4.49. The molecule has 0 aliphatic carbocycles. The molecule has 0 unspecified atom stereocenters. The summed E-state index contributed by atoms with van der Waals surface area (Å²) < 4.78 is 6.97. The van der Waals surface area contributed by atoms with Crippen LogP contribution in [-0.4, -0.2) is 58.1 Å². The summed E-state index contributed by atoms with van der Waals surface area (Å²) in [7, 11) is 1.63. The highest BCUT2D eigenvalue weighted by atomic mass is 16.5. The zero-order valence-corrected chi connectivity index (χ0v) is 19.5. The molecule has 2 aromatic carbocycles. The van der Waals surface area contributed by atoms with Crippen LogP contribution in [0.25, 0.3) is 0 Å². The van der Waals surface area contributed by atoms with Crippen LogP contribution < -0.4 is 4.74 Å². The van der Waals surface area contributed by atoms with Gasteiger partial charge in [0.25, 0.3) is 11.8 Å². The number of aromatic nitrogens is 2. The number of amides is 2. The maximum atomic E-state index is 13.1. The summed E-state index contributed by atoms with van der Waals surface area (Å²) >= 11 is 0. The SMILES string of the molecule is COc1cccc(CN2CCn3nc(C(=O)N4CCC(Cc5ccccc5)CC4)cc3C2=O)c1. The molecule has 7 heteroatoms. The molecule has 0 saturated carbocycles. The zero-order valence-electron chi connectivity index (χ0n) is 19.5. The number of methoxy groups -OCH3 is 1. The quantitative estimate of drug-likeness (QED) is 0.566. The van der Waals surface area contributed by atoms with Crippen molar-refractivity contribution < 1.29 is 14.3 Å². The Labute approximate surface area is 199 Å². The third kappa shape index (κ3) is 4.69. The first-order chi connectivity index (χ1) is 16.6. The molecule has 0 N–H and O–H groups in total. The number of carbonyl (C=O) groups is 2. The first-order valence-corrected chi connectivity index (χ1v) is 11.9. The predicted octanol–water partition coefficient (Wildman–Crippen LogP) is 3.64. The van der Waals surface area contributed by atoms with Crippen molar-refractivity contribution in [3.8, 4) is 5.75 Å². The molecule has 0 atom stereocenters. The number of fused-ring (bicyclic) bond motifs is 1. The van der Waals surface area contributed by atoms with E-state index >= 15 is 0 Å². The van der Waals surface area contributed by atoms with Crippen LogP contribution >= 0.6 is 0 Å². The molecule has 0 bridgehead atoms. The second kappa shape index (κ2) is 9.71. The van der Waals surface area contributed by atoms with Gasteiger partial charge < -0.3 is 14.5 Å². The molecule has 1 aromatic heterocycles. The van der Waals surface area contributed by atoms with Gasteiger partial charge >= 0.3 is 0 Å². The van der Waals surface area contributed by atoms with Crippen molar-refractivity contribution in [2.24, 2.45) is 5.92 Å². The smallest absolute Gasteiger partial charge is 0.274 e. The average molecular weight is 459 g/mol. The van der Waals surface area contributed by atoms with Crippen LogP contribution in [0.5, 0.6) is 5.75 Å². The molecule has 176 valence electrons. The van der Waals surface area contributed by atoms with E-state index in [1.54, 1.807) is 22.8 Å². The summed E-state index contributed by atoms with van der Waals surface area (Å²) in [5.74, 6) is 1.19. The van der Waals surface area contributed by atoms with Gasteiger partial charge in [-0.25, -0.2) is 0 Å². The molecule has 0 radical (unpaired) electrons. The number of likely N-dealkylation sites (tertiary alicyclic amines) is 1. The Kier molecular flexibility index (Phi) is 6.34. The van der Waals surface area contributed by atoms with Crippen molar-refractivity contribution in [3.05, 3.63) is 83.2 Å². The Morgan fingerprint density at radius 3 is 2.50 bits per heavy atom. The molecule has 34 heavy (non-hydrogen) atoms. The van der Waals surface area contributed by atoms with E-state index in [1.165, 1.54) is 5.56 Å². The standard InChI is InChI=1S/C27H30N4O3/c1-34-23-9-5-8-22(17-23)19-30-14-15-31-25(27(30)33)18-24(28-31)26(32)29-12-10-21(11-13-29)16-20-6-3-2-4-7-20/h2-9,17-18,21H,10-16,19H2,1H3. The van der Waals surface area contributed by atoms with Crippen molar-refractivity contribution in [1.29, 1.82) is 0 Å². The minimum absolute atomic E-state index is 0.0767. The van der Waals surface area contributed by atoms with Gasteiger partial charge in [-0.05, 0) is 48.4 Å². The number of rotatable bonds is 6. The fourth-order valence-corrected chi connectivity index (χ4v) is 4.93. The van der Waals surface area contributed by atoms with Crippen LogP contribution in [0.1, 0.15) is 44.9 Å². The summed E-state index contributed by atoms with van der Waals surface area (Å²) in [6.07, 6.45) is 3.03. The Balaban J connectivity index is 1.21. The fourth-order valence-electron chi connectivity index (χ4n) is 4.93. The topological polar surface area (TPSA) is 67.7 Å². The minimum Gasteiger partial charge on any atom is -0.497 e. The molecular formula is C27H30N4O3. The molecule has 0 spiro atoms. The van der Waals surface area contributed by atoms with Crippen molar-refractivity contribution in [3.63, 3.8) is 0 Å². The Bertz CT molecular complexity index is 1170. The Hall–Kier alpha value is -3.61. The molecule has 2 amide bonds. The summed E-state index contributed by atoms with van der Waals surface area (Å²) in [6.45, 7) is 3.10. The van der Waals surface area contributed by atoms with Crippen LogP contribution in [0.4, 0.5) is 0 Å². The fraction of sp³-hybridized carbons (Fsp3) is 0.370. The maximum absolute atomic E-state index is 13.1. The summed E-state index contributed by atoms with van der Waals surface area (Å²) in [5.41, 5.74) is 3.21. The van der Waals surface area contributed by atoms with E-state index in [1.807, 2.05) is 35.2 Å². The highest BCUT2D eigenvalue weighted by molar-refractivity contribution is 5.98. The number of hydrogen-bond acceptors (Lipinski definition) is 4. The molecule has 3 aromatic rings. The minimum atomic E-state index is -0.0952. The largest absolute Gasteiger partial charge is 0.497 e. The van der Waals surface area contributed by atoms with Crippen molar-refractivity contribution in [2.75, 3.05) is 26.7 Å². The number of ether oxygens (including phenoxy) is 1. The van der Waals surface area contributed by atoms with Gasteiger partial charge in [0.15, 0.2) is 5.69 Å². The van der Waals surface area contributed by atoms with Gasteiger partial charge in [0.1, 0.15) is 11.4 Å². The first kappa shape index (κ1) is 22.2. The lowest BCUT2D eigenvalue weighted by molar-refractivity contribution is 0.0669. The number of benzene rings is 2. The van der Waals surface area contributed by atoms with E-state index < -0.39 is 0 Å². The van der Waals surface area contributed by atoms with Crippen molar-refractivity contribution in [2.45, 2.75) is 32.4 Å². The summed E-state index contributed by atoms with van der Waals surface area (Å²) in [6, 6.07) is 19.9. The number of nitrogens with zero attached hydrogens (tertiary/aromatic N) is 4. The van der Waals surface area contributed by atoms with Crippen LogP contribution in [0.2, 0.25) is 0 Å². The molecule has 1 fully saturated rings. The number of hydrogen-bond donors (Lipinski definition) is 0. The zero-order chi connectivity index (χ0) is 23.5. The Morgan fingerprint density at radius 1 is 0.971 bits per heavy atom. The van der Waals surface area contributed by atoms with Gasteiger partial charge in [0.2, 0.25) is 0 Å². The second-order valence-corrected chi connectivity index (χ2v) is 9.14. The lowest BCUT2D eigenvalue weighted by atomic mass is 9.90. The molecule has 7 nitrogen and oxygen atoms in total. The second-order valence-electron chi connectivity index (χ2n) is 9.14. The van der Waals surface area contributed by atoms with E-state index in [9.17, 15) is 9.59 Å². The van der Waals surface area contributed by atoms with Crippen molar-refractivity contribution in [1.82, 2.24) is 19.6 Å². The van der Waals surface area contributed by atoms with E-state index in [0.717, 1.165) is 43.7 Å². The highest BCUT2D eigenvalue weighted by Crippen LogP contribution is 2.24. The first-order valence-electron chi connectivity index (χ1n) is 11.9.